The highest BCUT2D eigenvalue weighted by molar-refractivity contribution is 5.19. The topological polar surface area (TPSA) is 63.0 Å². The van der Waals surface area contributed by atoms with Crippen LogP contribution in [0.15, 0.2) is 4.42 Å². The summed E-state index contributed by atoms with van der Waals surface area (Å²) < 4.78 is 5.57. The molecule has 18 heavy (non-hydrogen) atoms. The minimum Gasteiger partial charge on any atom is -0.407 e. The van der Waals surface area contributed by atoms with E-state index in [2.05, 4.69) is 41.6 Å². The van der Waals surface area contributed by atoms with Crippen LogP contribution in [0.2, 0.25) is 0 Å². The van der Waals surface area contributed by atoms with E-state index in [9.17, 15) is 0 Å². The summed E-state index contributed by atoms with van der Waals surface area (Å²) in [7, 11) is 0. The molecule has 1 aromatic heterocycles. The van der Waals surface area contributed by atoms with E-state index in [1.165, 1.54) is 19.3 Å². The maximum atomic E-state index is 5.57. The van der Waals surface area contributed by atoms with Crippen LogP contribution in [-0.2, 0) is 6.54 Å². The smallest absolute Gasteiger partial charge is 0.315 e. The average molecular weight is 252 g/mol. The van der Waals surface area contributed by atoms with Gasteiger partial charge in [0.05, 0.1) is 6.54 Å². The number of nitrogens with zero attached hydrogens (tertiary/aromatic N) is 2. The summed E-state index contributed by atoms with van der Waals surface area (Å²) in [6.45, 7) is 7.01. The van der Waals surface area contributed by atoms with Gasteiger partial charge in [0.1, 0.15) is 0 Å². The van der Waals surface area contributed by atoms with Crippen LogP contribution < -0.4 is 10.6 Å². The lowest BCUT2D eigenvalue weighted by Gasteiger charge is -2.14. The van der Waals surface area contributed by atoms with E-state index >= 15 is 0 Å². The standard InChI is InChI=1S/C13H24N4O/c1-4-11(7-10-5-6-10)15-13-17-16-12(18-13)8-14-9(2)3/h9-11,14H,4-8H2,1-3H3,(H,15,17). The van der Waals surface area contributed by atoms with Gasteiger partial charge in [0.15, 0.2) is 0 Å². The summed E-state index contributed by atoms with van der Waals surface area (Å²) in [6.07, 6.45) is 5.08. The van der Waals surface area contributed by atoms with Crippen LogP contribution in [0, 0.1) is 5.92 Å². The summed E-state index contributed by atoms with van der Waals surface area (Å²) in [5.41, 5.74) is 0. The molecule has 0 saturated heterocycles. The van der Waals surface area contributed by atoms with Crippen LogP contribution in [0.4, 0.5) is 6.01 Å². The molecule has 1 unspecified atom stereocenters. The van der Waals surface area contributed by atoms with Crippen molar-refractivity contribution in [2.24, 2.45) is 5.92 Å². The van der Waals surface area contributed by atoms with Gasteiger partial charge in [0, 0.05) is 12.1 Å². The number of anilines is 1. The zero-order chi connectivity index (χ0) is 13.0. The largest absolute Gasteiger partial charge is 0.407 e. The normalized spacial score (nSPS) is 17.1. The highest BCUT2D eigenvalue weighted by Gasteiger charge is 2.25. The summed E-state index contributed by atoms with van der Waals surface area (Å²) in [5, 5.41) is 14.7. The van der Waals surface area contributed by atoms with Gasteiger partial charge in [-0.05, 0) is 18.8 Å². The second-order valence-electron chi connectivity index (χ2n) is 5.47. The first-order valence-corrected chi connectivity index (χ1v) is 6.99. The third kappa shape index (κ3) is 4.29. The molecular formula is C13H24N4O. The predicted octanol–water partition coefficient (Wildman–Crippen LogP) is 2.56. The Labute approximate surface area is 109 Å². The number of rotatable bonds is 8. The predicted molar refractivity (Wildman–Crippen MR) is 71.3 cm³/mol. The van der Waals surface area contributed by atoms with Gasteiger partial charge >= 0.3 is 6.01 Å². The Bertz CT molecular complexity index is 360. The van der Waals surface area contributed by atoms with Gasteiger partial charge in [0.2, 0.25) is 5.89 Å². The molecule has 5 nitrogen and oxygen atoms in total. The van der Waals surface area contributed by atoms with Gasteiger partial charge in [-0.2, -0.15) is 0 Å². The number of nitrogens with one attached hydrogen (secondary N) is 2. The van der Waals surface area contributed by atoms with Crippen molar-refractivity contribution in [3.05, 3.63) is 5.89 Å². The maximum Gasteiger partial charge on any atom is 0.315 e. The van der Waals surface area contributed by atoms with Crippen molar-refractivity contribution in [1.29, 1.82) is 0 Å². The lowest BCUT2D eigenvalue weighted by Crippen LogP contribution is -2.22. The fourth-order valence-corrected chi connectivity index (χ4v) is 1.93. The van der Waals surface area contributed by atoms with Gasteiger partial charge in [-0.25, -0.2) is 0 Å². The fourth-order valence-electron chi connectivity index (χ4n) is 1.93. The van der Waals surface area contributed by atoms with E-state index in [-0.39, 0.29) is 0 Å². The zero-order valence-electron chi connectivity index (χ0n) is 11.6. The molecule has 102 valence electrons. The van der Waals surface area contributed by atoms with Crippen molar-refractivity contribution in [3.8, 4) is 0 Å². The van der Waals surface area contributed by atoms with Gasteiger partial charge in [-0.1, -0.05) is 38.7 Å². The molecule has 0 amide bonds. The molecule has 1 aromatic rings. The summed E-state index contributed by atoms with van der Waals surface area (Å²) in [5.74, 6) is 1.56. The Morgan fingerprint density at radius 1 is 1.33 bits per heavy atom. The first kappa shape index (κ1) is 13.3. The third-order valence-electron chi connectivity index (χ3n) is 3.26. The van der Waals surface area contributed by atoms with Gasteiger partial charge in [-0.15, -0.1) is 5.10 Å². The molecule has 1 aliphatic rings. The third-order valence-corrected chi connectivity index (χ3v) is 3.26. The molecule has 2 N–H and O–H groups in total. The minimum atomic E-state index is 0.423. The second-order valence-corrected chi connectivity index (χ2v) is 5.47. The number of hydrogen-bond acceptors (Lipinski definition) is 5. The van der Waals surface area contributed by atoms with E-state index in [1.807, 2.05) is 0 Å². The molecule has 1 aliphatic carbocycles. The molecule has 0 radical (unpaired) electrons. The Morgan fingerprint density at radius 2 is 2.11 bits per heavy atom. The Morgan fingerprint density at radius 3 is 2.72 bits per heavy atom. The fraction of sp³-hybridized carbons (Fsp3) is 0.846. The Balaban J connectivity index is 1.80. The molecule has 0 spiro atoms. The van der Waals surface area contributed by atoms with Crippen molar-refractivity contribution in [2.75, 3.05) is 5.32 Å². The zero-order valence-corrected chi connectivity index (χ0v) is 11.6. The molecule has 1 atom stereocenters. The molecule has 1 fully saturated rings. The van der Waals surface area contributed by atoms with E-state index < -0.39 is 0 Å². The first-order valence-electron chi connectivity index (χ1n) is 6.99. The number of aromatic nitrogens is 2. The van der Waals surface area contributed by atoms with E-state index in [0.717, 1.165) is 12.3 Å². The minimum absolute atomic E-state index is 0.423. The van der Waals surface area contributed by atoms with Crippen molar-refractivity contribution < 1.29 is 4.42 Å². The van der Waals surface area contributed by atoms with Crippen LogP contribution >= 0.6 is 0 Å². The van der Waals surface area contributed by atoms with Gasteiger partial charge in [-0.3, -0.25) is 0 Å². The molecule has 0 aliphatic heterocycles. The first-order chi connectivity index (χ1) is 8.67. The summed E-state index contributed by atoms with van der Waals surface area (Å²) in [6, 6.07) is 1.44. The van der Waals surface area contributed by atoms with Crippen molar-refractivity contribution in [1.82, 2.24) is 15.5 Å². The molecule has 0 bridgehead atoms. The van der Waals surface area contributed by atoms with Crippen LogP contribution in [-0.4, -0.2) is 22.3 Å². The van der Waals surface area contributed by atoms with Gasteiger partial charge < -0.3 is 15.1 Å². The summed E-state index contributed by atoms with van der Waals surface area (Å²) in [4.78, 5) is 0. The molecule has 2 rings (SSSR count). The molecule has 0 aromatic carbocycles. The SMILES string of the molecule is CCC(CC1CC1)Nc1nnc(CNC(C)C)o1. The highest BCUT2D eigenvalue weighted by atomic mass is 16.4. The highest BCUT2D eigenvalue weighted by Crippen LogP contribution is 2.34. The van der Waals surface area contributed by atoms with Crippen LogP contribution in [0.1, 0.15) is 52.3 Å². The lowest BCUT2D eigenvalue weighted by molar-refractivity contribution is 0.451. The quantitative estimate of drug-likeness (QED) is 0.744. The molecule has 1 heterocycles. The second kappa shape index (κ2) is 6.18. The van der Waals surface area contributed by atoms with E-state index in [1.54, 1.807) is 0 Å². The van der Waals surface area contributed by atoms with Crippen LogP contribution in [0.5, 0.6) is 0 Å². The van der Waals surface area contributed by atoms with Crippen molar-refractivity contribution in [2.45, 2.75) is 65.1 Å². The van der Waals surface area contributed by atoms with Crippen LogP contribution in [0.25, 0.3) is 0 Å². The monoisotopic (exact) mass is 252 g/mol. The molecule has 1 saturated carbocycles. The average Bonchev–Trinajstić information content (AvgIpc) is 3.04. The van der Waals surface area contributed by atoms with E-state index in [4.69, 9.17) is 4.42 Å². The van der Waals surface area contributed by atoms with E-state index in [0.29, 0.717) is 30.5 Å². The van der Waals surface area contributed by atoms with Crippen molar-refractivity contribution in [3.63, 3.8) is 0 Å². The maximum absolute atomic E-state index is 5.57. The lowest BCUT2D eigenvalue weighted by atomic mass is 10.1. The number of hydrogen-bond donors (Lipinski definition) is 2. The summed E-state index contributed by atoms with van der Waals surface area (Å²) >= 11 is 0. The molecule has 5 heteroatoms. The van der Waals surface area contributed by atoms with Crippen molar-refractivity contribution >= 4 is 6.01 Å². The van der Waals surface area contributed by atoms with Gasteiger partial charge in [0.25, 0.3) is 0 Å². The Kier molecular flexibility index (Phi) is 4.58. The molecular weight excluding hydrogens is 228 g/mol. The van der Waals surface area contributed by atoms with Crippen LogP contribution in [0.3, 0.4) is 0 Å². The Hall–Kier alpha value is -1.10.